The highest BCUT2D eigenvalue weighted by Gasteiger charge is 2.32. The molecule has 0 fully saturated rings. The van der Waals surface area contributed by atoms with Crippen molar-refractivity contribution < 1.29 is 13.2 Å². The highest BCUT2D eigenvalue weighted by atomic mass is 32.2. The molecule has 0 unspecified atom stereocenters. The van der Waals surface area contributed by atoms with Gasteiger partial charge < -0.3 is 5.32 Å². The van der Waals surface area contributed by atoms with E-state index in [1.807, 2.05) is 39.0 Å². The van der Waals surface area contributed by atoms with Gasteiger partial charge in [-0.3, -0.25) is 9.10 Å². The molecule has 0 saturated heterocycles. The SMILES string of the molecule is CC[C@H](C(=O)NCCCc1ccc(C(C)C)cc1)N(c1cc(C)ccc1C)S(C)(=O)=O. The Bertz CT molecular complexity index is 982. The summed E-state index contributed by atoms with van der Waals surface area (Å²) in [4.78, 5) is 12.9. The first-order chi connectivity index (χ1) is 14.5. The Morgan fingerprint density at radius 3 is 2.26 bits per heavy atom. The van der Waals surface area contributed by atoms with Gasteiger partial charge in [0, 0.05) is 6.54 Å². The smallest absolute Gasteiger partial charge is 0.243 e. The van der Waals surface area contributed by atoms with Crippen LogP contribution in [-0.2, 0) is 21.2 Å². The highest BCUT2D eigenvalue weighted by molar-refractivity contribution is 7.92. The fourth-order valence-electron chi connectivity index (χ4n) is 3.68. The summed E-state index contributed by atoms with van der Waals surface area (Å²) in [5, 5.41) is 2.94. The number of sulfonamides is 1. The van der Waals surface area contributed by atoms with Crippen molar-refractivity contribution in [2.24, 2.45) is 0 Å². The molecule has 0 bridgehead atoms. The van der Waals surface area contributed by atoms with Crippen LogP contribution in [0.15, 0.2) is 42.5 Å². The lowest BCUT2D eigenvalue weighted by molar-refractivity contribution is -0.122. The Balaban J connectivity index is 2.05. The number of carbonyl (C=O) groups is 1. The molecule has 1 N–H and O–H groups in total. The van der Waals surface area contributed by atoms with Crippen LogP contribution in [0.1, 0.15) is 61.8 Å². The van der Waals surface area contributed by atoms with Gasteiger partial charge in [-0.25, -0.2) is 8.42 Å². The number of anilines is 1. The molecular weight excluding hydrogens is 408 g/mol. The Kier molecular flexibility index (Phi) is 8.69. The average molecular weight is 445 g/mol. The molecule has 0 aliphatic heterocycles. The van der Waals surface area contributed by atoms with Crippen LogP contribution in [-0.4, -0.2) is 33.2 Å². The zero-order chi connectivity index (χ0) is 23.2. The molecule has 0 saturated carbocycles. The van der Waals surface area contributed by atoms with E-state index in [0.717, 1.165) is 30.2 Å². The predicted molar refractivity (Wildman–Crippen MR) is 129 cm³/mol. The van der Waals surface area contributed by atoms with E-state index in [9.17, 15) is 13.2 Å². The zero-order valence-corrected chi connectivity index (χ0v) is 20.4. The minimum absolute atomic E-state index is 0.260. The number of rotatable bonds is 10. The normalized spacial score (nSPS) is 12.6. The maximum atomic E-state index is 12.9. The second kappa shape index (κ2) is 10.8. The van der Waals surface area contributed by atoms with Gasteiger partial charge in [0.05, 0.1) is 11.9 Å². The van der Waals surface area contributed by atoms with Gasteiger partial charge in [0.15, 0.2) is 0 Å². The summed E-state index contributed by atoms with van der Waals surface area (Å²) in [6, 6.07) is 13.5. The van der Waals surface area contributed by atoms with Crippen molar-refractivity contribution in [3.63, 3.8) is 0 Å². The molecule has 0 spiro atoms. The van der Waals surface area contributed by atoms with E-state index >= 15 is 0 Å². The van der Waals surface area contributed by atoms with Gasteiger partial charge in [0.25, 0.3) is 0 Å². The summed E-state index contributed by atoms with van der Waals surface area (Å²) in [5.74, 6) is 0.248. The Morgan fingerprint density at radius 2 is 1.71 bits per heavy atom. The van der Waals surface area contributed by atoms with Gasteiger partial charge in [-0.15, -0.1) is 0 Å². The molecule has 0 heterocycles. The van der Waals surface area contributed by atoms with E-state index in [1.165, 1.54) is 15.4 Å². The third kappa shape index (κ3) is 6.82. The lowest BCUT2D eigenvalue weighted by Gasteiger charge is -2.31. The molecule has 0 aliphatic rings. The Labute approximate surface area is 187 Å². The molecule has 5 nitrogen and oxygen atoms in total. The minimum Gasteiger partial charge on any atom is -0.354 e. The van der Waals surface area contributed by atoms with Crippen molar-refractivity contribution in [2.75, 3.05) is 17.1 Å². The number of nitrogens with one attached hydrogen (secondary N) is 1. The van der Waals surface area contributed by atoms with Gasteiger partial charge >= 0.3 is 0 Å². The maximum absolute atomic E-state index is 12.9. The second-order valence-corrected chi connectivity index (χ2v) is 10.4. The molecule has 170 valence electrons. The van der Waals surface area contributed by atoms with Crippen LogP contribution in [0, 0.1) is 13.8 Å². The van der Waals surface area contributed by atoms with Gasteiger partial charge in [0.1, 0.15) is 6.04 Å². The summed E-state index contributed by atoms with van der Waals surface area (Å²) in [6.45, 7) is 10.5. The molecule has 1 amide bonds. The van der Waals surface area contributed by atoms with Gasteiger partial charge in [-0.2, -0.15) is 0 Å². The van der Waals surface area contributed by atoms with Crippen LogP contribution in [0.25, 0.3) is 0 Å². The molecule has 6 heteroatoms. The molecular formula is C25H36N2O3S. The number of hydrogen-bond acceptors (Lipinski definition) is 3. The predicted octanol–water partition coefficient (Wildman–Crippen LogP) is 4.72. The van der Waals surface area contributed by atoms with E-state index in [2.05, 4.69) is 43.4 Å². The standard InChI is InChI=1S/C25H36N2O3S/c1-7-23(27(31(6,29)30)24-17-19(4)10-11-20(24)5)25(28)26-16-8-9-21-12-14-22(15-13-21)18(2)3/h10-15,17-18,23H,7-9,16H2,1-6H3,(H,26,28)/t23-/m1/s1. The van der Waals surface area contributed by atoms with Crippen molar-refractivity contribution in [2.45, 2.75) is 65.8 Å². The second-order valence-electron chi connectivity index (χ2n) is 8.56. The number of hydrogen-bond donors (Lipinski definition) is 1. The number of nitrogens with zero attached hydrogens (tertiary/aromatic N) is 1. The Hall–Kier alpha value is -2.34. The Morgan fingerprint density at radius 1 is 1.06 bits per heavy atom. The minimum atomic E-state index is -3.63. The van der Waals surface area contributed by atoms with Gasteiger partial charge in [-0.1, -0.05) is 57.2 Å². The van der Waals surface area contributed by atoms with Crippen LogP contribution >= 0.6 is 0 Å². The summed E-state index contributed by atoms with van der Waals surface area (Å²) < 4.78 is 26.5. The van der Waals surface area contributed by atoms with E-state index in [0.29, 0.717) is 24.6 Å². The summed E-state index contributed by atoms with van der Waals surface area (Å²) in [7, 11) is -3.63. The lowest BCUT2D eigenvalue weighted by atomic mass is 10.0. The number of benzene rings is 2. The summed E-state index contributed by atoms with van der Waals surface area (Å²) >= 11 is 0. The lowest BCUT2D eigenvalue weighted by Crippen LogP contribution is -2.49. The maximum Gasteiger partial charge on any atom is 0.243 e. The first-order valence-electron chi connectivity index (χ1n) is 11.0. The zero-order valence-electron chi connectivity index (χ0n) is 19.6. The first kappa shape index (κ1) is 24.9. The fourth-order valence-corrected chi connectivity index (χ4v) is 4.94. The molecule has 0 aromatic heterocycles. The van der Waals surface area contributed by atoms with Gasteiger partial charge in [-0.05, 0) is 67.3 Å². The molecule has 0 aliphatic carbocycles. The third-order valence-electron chi connectivity index (χ3n) is 5.52. The molecule has 2 rings (SSSR count). The van der Waals surface area contributed by atoms with Crippen molar-refractivity contribution in [3.05, 3.63) is 64.7 Å². The molecule has 0 radical (unpaired) electrons. The van der Waals surface area contributed by atoms with Crippen LogP contribution in [0.2, 0.25) is 0 Å². The van der Waals surface area contributed by atoms with E-state index in [1.54, 1.807) is 0 Å². The number of aryl methyl sites for hydroxylation is 3. The van der Waals surface area contributed by atoms with Crippen molar-refractivity contribution in [1.82, 2.24) is 5.32 Å². The first-order valence-corrected chi connectivity index (χ1v) is 12.8. The number of amides is 1. The molecule has 1 atom stereocenters. The quantitative estimate of drug-likeness (QED) is 0.539. The summed E-state index contributed by atoms with van der Waals surface area (Å²) in [5.41, 5.74) is 4.89. The molecule has 31 heavy (non-hydrogen) atoms. The van der Waals surface area contributed by atoms with Crippen molar-refractivity contribution in [1.29, 1.82) is 0 Å². The van der Waals surface area contributed by atoms with Crippen LogP contribution in [0.5, 0.6) is 0 Å². The van der Waals surface area contributed by atoms with Crippen molar-refractivity contribution in [3.8, 4) is 0 Å². The average Bonchev–Trinajstić information content (AvgIpc) is 2.70. The van der Waals surface area contributed by atoms with Gasteiger partial charge in [0.2, 0.25) is 15.9 Å². The largest absolute Gasteiger partial charge is 0.354 e. The topological polar surface area (TPSA) is 66.5 Å². The number of carbonyl (C=O) groups excluding carboxylic acids is 1. The highest BCUT2D eigenvalue weighted by Crippen LogP contribution is 2.27. The monoisotopic (exact) mass is 444 g/mol. The van der Waals surface area contributed by atoms with Crippen LogP contribution in [0.4, 0.5) is 5.69 Å². The van der Waals surface area contributed by atoms with E-state index in [-0.39, 0.29) is 5.91 Å². The molecule has 2 aromatic carbocycles. The van der Waals surface area contributed by atoms with Crippen LogP contribution < -0.4 is 9.62 Å². The van der Waals surface area contributed by atoms with Crippen molar-refractivity contribution >= 4 is 21.6 Å². The van der Waals surface area contributed by atoms with Crippen LogP contribution in [0.3, 0.4) is 0 Å². The molecule has 2 aromatic rings. The third-order valence-corrected chi connectivity index (χ3v) is 6.69. The summed E-state index contributed by atoms with van der Waals surface area (Å²) in [6.07, 6.45) is 3.21. The van der Waals surface area contributed by atoms with E-state index in [4.69, 9.17) is 0 Å². The van der Waals surface area contributed by atoms with E-state index < -0.39 is 16.1 Å². The fraction of sp³-hybridized carbons (Fsp3) is 0.480.